The topological polar surface area (TPSA) is 45.3 Å². The van der Waals surface area contributed by atoms with Crippen LogP contribution < -0.4 is 0 Å². The average molecular weight is 513 g/mol. The maximum atomic E-state index is 15.0. The van der Waals surface area contributed by atoms with Gasteiger partial charge >= 0.3 is 5.97 Å². The number of halogens is 5. The third kappa shape index (κ3) is 4.03. The van der Waals surface area contributed by atoms with Crippen LogP contribution in [0, 0.1) is 11.6 Å². The summed E-state index contributed by atoms with van der Waals surface area (Å²) in [6, 6.07) is 5.67. The molecule has 0 radical (unpaired) electrons. The Morgan fingerprint density at radius 1 is 1.25 bits per heavy atom. The maximum absolute atomic E-state index is 15.0. The number of hydrogen-bond acceptors (Lipinski definition) is 3. The molecule has 0 saturated heterocycles. The van der Waals surface area contributed by atoms with Crippen LogP contribution in [-0.2, 0) is 11.2 Å². The average Bonchev–Trinajstić information content (AvgIpc) is 3.05. The van der Waals surface area contributed by atoms with Crippen LogP contribution in [0.2, 0.25) is 0 Å². The lowest BCUT2D eigenvalue weighted by molar-refractivity contribution is -0.0374. The Labute approximate surface area is 190 Å². The van der Waals surface area contributed by atoms with Gasteiger partial charge in [0.05, 0.1) is 25.3 Å². The molecule has 0 spiro atoms. The molecule has 1 aromatic heterocycles. The summed E-state index contributed by atoms with van der Waals surface area (Å²) in [5.41, 5.74) is 1.79. The van der Waals surface area contributed by atoms with Crippen molar-refractivity contribution >= 4 is 32.8 Å². The van der Waals surface area contributed by atoms with Crippen molar-refractivity contribution in [2.45, 2.75) is 38.3 Å². The van der Waals surface area contributed by atoms with Gasteiger partial charge < -0.3 is 9.72 Å². The predicted molar refractivity (Wildman–Crippen MR) is 116 cm³/mol. The van der Waals surface area contributed by atoms with E-state index in [2.05, 4.69) is 20.9 Å². The summed E-state index contributed by atoms with van der Waals surface area (Å²) in [6.07, 6.45) is 0.402. The molecule has 0 bridgehead atoms. The number of aromatic amines is 1. The van der Waals surface area contributed by atoms with Gasteiger partial charge in [-0.1, -0.05) is 22.0 Å². The highest BCUT2D eigenvalue weighted by molar-refractivity contribution is 9.10. The Hall–Kier alpha value is -2.39. The molecule has 0 saturated carbocycles. The number of esters is 1. The fourth-order valence-electron chi connectivity index (χ4n) is 4.50. The number of fused-ring (bicyclic) bond motifs is 3. The molecule has 32 heavy (non-hydrogen) atoms. The first kappa shape index (κ1) is 22.8. The quantitative estimate of drug-likeness (QED) is 0.345. The molecular formula is C23H21BrF4N2O2. The molecule has 4 nitrogen and oxygen atoms in total. The van der Waals surface area contributed by atoms with Gasteiger partial charge in [-0.2, -0.15) is 0 Å². The number of benzene rings is 2. The van der Waals surface area contributed by atoms with E-state index < -0.39 is 42.2 Å². The van der Waals surface area contributed by atoms with Crippen molar-refractivity contribution < 1.29 is 27.1 Å². The smallest absolute Gasteiger partial charge is 0.337 e. The van der Waals surface area contributed by atoms with Gasteiger partial charge in [-0.15, -0.1) is 0 Å². The Morgan fingerprint density at radius 3 is 2.50 bits per heavy atom. The lowest BCUT2D eigenvalue weighted by atomic mass is 9.87. The molecule has 2 atom stereocenters. The van der Waals surface area contributed by atoms with Crippen molar-refractivity contribution in [3.63, 3.8) is 0 Å². The van der Waals surface area contributed by atoms with Gasteiger partial charge in [0.2, 0.25) is 0 Å². The number of carbonyl (C=O) groups is 1. The number of alkyl halides is 2. The number of methoxy groups -OCH3 is 1. The minimum atomic E-state index is -3.07. The van der Waals surface area contributed by atoms with Crippen LogP contribution in [0.25, 0.3) is 10.9 Å². The molecule has 4 rings (SSSR count). The monoisotopic (exact) mass is 512 g/mol. The summed E-state index contributed by atoms with van der Waals surface area (Å²) in [7, 11) is 1.27. The number of ether oxygens (including phenoxy) is 1. The first-order chi connectivity index (χ1) is 15.0. The van der Waals surface area contributed by atoms with E-state index in [1.807, 2.05) is 0 Å². The molecule has 0 unspecified atom stereocenters. The van der Waals surface area contributed by atoms with E-state index in [-0.39, 0.29) is 10.0 Å². The Kier molecular flexibility index (Phi) is 5.83. The molecule has 2 heterocycles. The van der Waals surface area contributed by atoms with Crippen molar-refractivity contribution in [1.29, 1.82) is 0 Å². The second-order valence-corrected chi connectivity index (χ2v) is 9.17. The molecule has 3 aromatic rings. The molecule has 0 aliphatic carbocycles. The molecule has 2 aromatic carbocycles. The number of aromatic nitrogens is 1. The normalized spacial score (nSPS) is 19.2. The third-order valence-electron chi connectivity index (χ3n) is 5.81. The van der Waals surface area contributed by atoms with Crippen molar-refractivity contribution in [1.82, 2.24) is 9.88 Å². The van der Waals surface area contributed by atoms with Gasteiger partial charge in [0.1, 0.15) is 11.6 Å². The van der Waals surface area contributed by atoms with Crippen LogP contribution in [0.3, 0.4) is 0 Å². The highest BCUT2D eigenvalue weighted by atomic mass is 79.9. The van der Waals surface area contributed by atoms with Crippen LogP contribution in [0.1, 0.15) is 47.1 Å². The van der Waals surface area contributed by atoms with E-state index in [1.165, 1.54) is 12.0 Å². The zero-order valence-electron chi connectivity index (χ0n) is 17.6. The Balaban J connectivity index is 1.96. The molecule has 170 valence electrons. The molecule has 0 fully saturated rings. The van der Waals surface area contributed by atoms with Crippen molar-refractivity contribution in [3.05, 3.63) is 68.8 Å². The van der Waals surface area contributed by atoms with Crippen LogP contribution in [0.5, 0.6) is 0 Å². The van der Waals surface area contributed by atoms with E-state index >= 15 is 8.78 Å². The minimum absolute atomic E-state index is 0.215. The molecule has 9 heteroatoms. The fraction of sp³-hybridized carbons (Fsp3) is 0.348. The summed E-state index contributed by atoms with van der Waals surface area (Å²) in [6.45, 7) is 1.88. The number of nitrogens with one attached hydrogen (secondary N) is 1. The summed E-state index contributed by atoms with van der Waals surface area (Å²) < 4.78 is 63.2. The van der Waals surface area contributed by atoms with Crippen LogP contribution in [-0.4, -0.2) is 41.5 Å². The number of carbonyl (C=O) groups excluding carboxylic acids is 1. The maximum Gasteiger partial charge on any atom is 0.337 e. The number of nitrogens with zero attached hydrogens (tertiary/aromatic N) is 1. The first-order valence-electron chi connectivity index (χ1n) is 10.0. The van der Waals surface area contributed by atoms with Crippen molar-refractivity contribution in [3.8, 4) is 0 Å². The van der Waals surface area contributed by atoms with E-state index in [1.54, 1.807) is 25.1 Å². The molecule has 0 amide bonds. The van der Waals surface area contributed by atoms with Gasteiger partial charge in [0.15, 0.2) is 0 Å². The van der Waals surface area contributed by atoms with Crippen molar-refractivity contribution in [2.24, 2.45) is 0 Å². The lowest BCUT2D eigenvalue weighted by Crippen LogP contribution is -2.47. The van der Waals surface area contributed by atoms with Crippen molar-refractivity contribution in [2.75, 3.05) is 13.7 Å². The number of rotatable bonds is 4. The largest absolute Gasteiger partial charge is 0.465 e. The van der Waals surface area contributed by atoms with Crippen LogP contribution in [0.15, 0.2) is 34.8 Å². The third-order valence-corrected chi connectivity index (χ3v) is 6.27. The van der Waals surface area contributed by atoms with Crippen LogP contribution in [0.4, 0.5) is 17.6 Å². The Morgan fingerprint density at radius 2 is 1.91 bits per heavy atom. The predicted octanol–water partition coefficient (Wildman–Crippen LogP) is 5.99. The lowest BCUT2D eigenvalue weighted by Gasteiger charge is -2.42. The molecule has 1 aliphatic rings. The van der Waals surface area contributed by atoms with Gasteiger partial charge in [0, 0.05) is 39.6 Å². The van der Waals surface area contributed by atoms with Gasteiger partial charge in [-0.25, -0.2) is 22.4 Å². The first-order valence-corrected chi connectivity index (χ1v) is 10.8. The fourth-order valence-corrected chi connectivity index (χ4v) is 4.90. The number of hydrogen-bond donors (Lipinski definition) is 1. The summed E-state index contributed by atoms with van der Waals surface area (Å²) in [5, 5.41) is 0.769. The second kappa shape index (κ2) is 8.19. The van der Waals surface area contributed by atoms with E-state index in [0.29, 0.717) is 23.2 Å². The molecule has 1 N–H and O–H groups in total. The zero-order valence-corrected chi connectivity index (χ0v) is 19.2. The molecular weight excluding hydrogens is 492 g/mol. The number of H-pyrrole nitrogens is 1. The van der Waals surface area contributed by atoms with Crippen LogP contribution >= 0.6 is 15.9 Å². The van der Waals surface area contributed by atoms with Gasteiger partial charge in [-0.3, -0.25) is 4.90 Å². The summed E-state index contributed by atoms with van der Waals surface area (Å²) in [5.74, 6) is -5.27. The second-order valence-electron chi connectivity index (χ2n) is 8.25. The van der Waals surface area contributed by atoms with E-state index in [4.69, 9.17) is 4.74 Å². The zero-order chi connectivity index (χ0) is 23.4. The SMILES string of the molecule is COC(=O)c1ccc2c3c([nH]c2c1)[C@@H](c1c(F)cc(Br)cc1F)N(CC(C)(F)F)[C@H](C)C3. The van der Waals surface area contributed by atoms with Gasteiger partial charge in [-0.05, 0) is 43.2 Å². The van der Waals surface area contributed by atoms with E-state index in [9.17, 15) is 13.6 Å². The summed E-state index contributed by atoms with van der Waals surface area (Å²) >= 11 is 3.07. The standard InChI is InChI=1S/C23H21BrF4N2O2/c1-11-6-15-14-5-4-12(22(31)32-3)7-18(14)29-20(15)21(30(11)10-23(2,27)28)19-16(25)8-13(24)9-17(19)26/h4-5,7-9,11,21,29H,6,10H2,1-3H3/t11-,21-/m1/s1. The molecule has 1 aliphatic heterocycles. The Bertz CT molecular complexity index is 1180. The van der Waals surface area contributed by atoms with E-state index in [0.717, 1.165) is 30.0 Å². The minimum Gasteiger partial charge on any atom is -0.465 e. The highest BCUT2D eigenvalue weighted by Gasteiger charge is 2.42. The highest BCUT2D eigenvalue weighted by Crippen LogP contribution is 2.43. The van der Waals surface area contributed by atoms with Gasteiger partial charge in [0.25, 0.3) is 5.92 Å². The summed E-state index contributed by atoms with van der Waals surface area (Å²) in [4.78, 5) is 16.5.